The Bertz CT molecular complexity index is 727. The third-order valence-corrected chi connectivity index (χ3v) is 3.81. The second-order valence-corrected chi connectivity index (χ2v) is 5.20. The number of carbonyl (C=O) groups is 2. The lowest BCUT2D eigenvalue weighted by Gasteiger charge is -2.32. The van der Waals surface area contributed by atoms with Gasteiger partial charge in [0.1, 0.15) is 5.82 Å². The van der Waals surface area contributed by atoms with Crippen molar-refractivity contribution in [1.29, 1.82) is 0 Å². The molecule has 1 amide bonds. The fraction of sp³-hybridized carbons (Fsp3) is 0.333. The van der Waals surface area contributed by atoms with E-state index in [4.69, 9.17) is 9.84 Å². The Morgan fingerprint density at radius 2 is 2.27 bits per heavy atom. The summed E-state index contributed by atoms with van der Waals surface area (Å²) in [7, 11) is 0. The summed E-state index contributed by atoms with van der Waals surface area (Å²) in [5.41, 5.74) is 1.39. The highest BCUT2D eigenvalue weighted by atomic mass is 19.1. The quantitative estimate of drug-likeness (QED) is 0.891. The average molecular weight is 306 g/mol. The number of hydrogen-bond acceptors (Lipinski definition) is 3. The molecule has 116 valence electrons. The highest BCUT2D eigenvalue weighted by Crippen LogP contribution is 2.21. The summed E-state index contributed by atoms with van der Waals surface area (Å²) in [5, 5.41) is 9.79. The number of aromatic amines is 1. The Morgan fingerprint density at radius 1 is 1.45 bits per heavy atom. The molecule has 3 rings (SSSR count). The van der Waals surface area contributed by atoms with E-state index in [9.17, 15) is 14.0 Å². The number of ether oxygens (including phenoxy) is 1. The number of aromatic nitrogens is 1. The summed E-state index contributed by atoms with van der Waals surface area (Å²) in [6.45, 7) is 0.550. The van der Waals surface area contributed by atoms with Gasteiger partial charge in [0.25, 0.3) is 0 Å². The first-order valence-electron chi connectivity index (χ1n) is 6.92. The molecule has 0 spiro atoms. The average Bonchev–Trinajstić information content (AvgIpc) is 2.89. The van der Waals surface area contributed by atoms with Crippen LogP contribution in [0.2, 0.25) is 0 Å². The van der Waals surface area contributed by atoms with Gasteiger partial charge in [0, 0.05) is 23.6 Å². The Morgan fingerprint density at radius 3 is 3.05 bits per heavy atom. The van der Waals surface area contributed by atoms with Crippen molar-refractivity contribution in [3.8, 4) is 0 Å². The number of benzene rings is 1. The van der Waals surface area contributed by atoms with E-state index >= 15 is 0 Å². The molecule has 22 heavy (non-hydrogen) atoms. The van der Waals surface area contributed by atoms with Gasteiger partial charge in [-0.15, -0.1) is 0 Å². The van der Waals surface area contributed by atoms with Gasteiger partial charge >= 0.3 is 5.97 Å². The number of aliphatic carboxylic acids is 1. The highest BCUT2D eigenvalue weighted by molar-refractivity contribution is 5.90. The van der Waals surface area contributed by atoms with Gasteiger partial charge in [0.05, 0.1) is 19.6 Å². The lowest BCUT2D eigenvalue weighted by Crippen LogP contribution is -2.53. The normalized spacial score (nSPS) is 18.6. The zero-order chi connectivity index (χ0) is 15.7. The van der Waals surface area contributed by atoms with Crippen molar-refractivity contribution in [1.82, 2.24) is 9.88 Å². The molecule has 2 heterocycles. The lowest BCUT2D eigenvalue weighted by atomic mass is 10.1. The summed E-state index contributed by atoms with van der Waals surface area (Å²) < 4.78 is 18.5. The maximum atomic E-state index is 13.4. The largest absolute Gasteiger partial charge is 0.480 e. The number of nitrogens with one attached hydrogen (secondary N) is 1. The van der Waals surface area contributed by atoms with E-state index in [1.54, 1.807) is 12.3 Å². The summed E-state index contributed by atoms with van der Waals surface area (Å²) in [6, 6.07) is 3.34. The zero-order valence-electron chi connectivity index (χ0n) is 11.7. The predicted molar refractivity (Wildman–Crippen MR) is 75.9 cm³/mol. The molecule has 0 radical (unpaired) electrons. The van der Waals surface area contributed by atoms with Gasteiger partial charge in [-0.3, -0.25) is 4.79 Å². The van der Waals surface area contributed by atoms with Crippen LogP contribution in [0.4, 0.5) is 4.39 Å². The van der Waals surface area contributed by atoms with Gasteiger partial charge < -0.3 is 19.7 Å². The van der Waals surface area contributed by atoms with Crippen LogP contribution in [0.5, 0.6) is 0 Å². The molecule has 0 saturated carbocycles. The van der Waals surface area contributed by atoms with Crippen LogP contribution in [0.15, 0.2) is 24.4 Å². The minimum atomic E-state index is -1.09. The number of halogens is 1. The molecule has 1 fully saturated rings. The second-order valence-electron chi connectivity index (χ2n) is 5.20. The van der Waals surface area contributed by atoms with Crippen LogP contribution in [0.1, 0.15) is 5.56 Å². The predicted octanol–water partition coefficient (Wildman–Crippen LogP) is 1.16. The van der Waals surface area contributed by atoms with E-state index in [0.29, 0.717) is 17.6 Å². The number of nitrogens with zero attached hydrogens (tertiary/aromatic N) is 1. The molecular formula is C15H15FN2O4. The molecule has 1 aromatic carbocycles. The fourth-order valence-electron chi connectivity index (χ4n) is 2.67. The molecule has 0 unspecified atom stereocenters. The van der Waals surface area contributed by atoms with Crippen molar-refractivity contribution in [2.75, 3.05) is 19.8 Å². The van der Waals surface area contributed by atoms with Crippen molar-refractivity contribution < 1.29 is 23.8 Å². The number of carboxylic acid groups (broad SMARTS) is 1. The van der Waals surface area contributed by atoms with Gasteiger partial charge in [0.15, 0.2) is 6.04 Å². The fourth-order valence-corrected chi connectivity index (χ4v) is 2.67. The molecule has 2 N–H and O–H groups in total. The number of carboxylic acids is 1. The van der Waals surface area contributed by atoms with Crippen LogP contribution in [0.3, 0.4) is 0 Å². The van der Waals surface area contributed by atoms with E-state index in [2.05, 4.69) is 4.98 Å². The van der Waals surface area contributed by atoms with Gasteiger partial charge in [-0.25, -0.2) is 9.18 Å². The molecular weight excluding hydrogens is 291 g/mol. The molecule has 1 aromatic heterocycles. The van der Waals surface area contributed by atoms with Gasteiger partial charge in [0.2, 0.25) is 5.91 Å². The molecule has 1 atom stereocenters. The number of carbonyl (C=O) groups excluding carboxylic acids is 1. The van der Waals surface area contributed by atoms with Crippen molar-refractivity contribution in [3.63, 3.8) is 0 Å². The molecule has 7 heteroatoms. The zero-order valence-corrected chi connectivity index (χ0v) is 11.7. The van der Waals surface area contributed by atoms with E-state index in [0.717, 1.165) is 5.52 Å². The Kier molecular flexibility index (Phi) is 3.81. The summed E-state index contributed by atoms with van der Waals surface area (Å²) in [6.07, 6.45) is 1.67. The Hall–Kier alpha value is -2.41. The van der Waals surface area contributed by atoms with E-state index in [-0.39, 0.29) is 31.3 Å². The van der Waals surface area contributed by atoms with Gasteiger partial charge in [-0.05, 0) is 23.8 Å². The molecule has 2 aromatic rings. The summed E-state index contributed by atoms with van der Waals surface area (Å²) in [5.74, 6) is -1.77. The monoisotopic (exact) mass is 306 g/mol. The molecule has 1 saturated heterocycles. The first kappa shape index (κ1) is 14.5. The molecule has 6 nitrogen and oxygen atoms in total. The number of H-pyrrole nitrogens is 1. The summed E-state index contributed by atoms with van der Waals surface area (Å²) >= 11 is 0. The molecule has 0 aliphatic carbocycles. The van der Waals surface area contributed by atoms with E-state index < -0.39 is 12.0 Å². The SMILES string of the molecule is O=C(O)[C@H]1COCCN1C(=O)Cc1c[nH]c2ccc(F)cc12. The topological polar surface area (TPSA) is 82.6 Å². The third kappa shape index (κ3) is 2.67. The van der Waals surface area contributed by atoms with Crippen molar-refractivity contribution in [3.05, 3.63) is 35.8 Å². The van der Waals surface area contributed by atoms with E-state index in [1.165, 1.54) is 17.0 Å². The molecule has 1 aliphatic rings. The lowest BCUT2D eigenvalue weighted by molar-refractivity contribution is -0.157. The minimum absolute atomic E-state index is 0.0103. The second kappa shape index (κ2) is 5.76. The maximum Gasteiger partial charge on any atom is 0.328 e. The number of morpholine rings is 1. The number of fused-ring (bicyclic) bond motifs is 1. The van der Waals surface area contributed by atoms with Crippen LogP contribution in [0, 0.1) is 5.82 Å². The Balaban J connectivity index is 1.83. The number of rotatable bonds is 3. The van der Waals surface area contributed by atoms with Gasteiger partial charge in [-0.2, -0.15) is 0 Å². The first-order valence-corrected chi connectivity index (χ1v) is 6.92. The molecule has 0 bridgehead atoms. The minimum Gasteiger partial charge on any atom is -0.480 e. The Labute approximate surface area is 125 Å². The first-order chi connectivity index (χ1) is 10.6. The van der Waals surface area contributed by atoms with Crippen LogP contribution in [-0.4, -0.2) is 52.7 Å². The van der Waals surface area contributed by atoms with Gasteiger partial charge in [-0.1, -0.05) is 0 Å². The molecule has 1 aliphatic heterocycles. The highest BCUT2D eigenvalue weighted by Gasteiger charge is 2.32. The third-order valence-electron chi connectivity index (χ3n) is 3.81. The van der Waals surface area contributed by atoms with Crippen LogP contribution >= 0.6 is 0 Å². The standard InChI is InChI=1S/C15H15FN2O4/c16-10-1-2-12-11(6-10)9(7-17-12)5-14(19)18-3-4-22-8-13(18)15(20)21/h1-2,6-7,13,17H,3-5,8H2,(H,20,21)/t13-/m1/s1. The van der Waals surface area contributed by atoms with Crippen molar-refractivity contribution >= 4 is 22.8 Å². The van der Waals surface area contributed by atoms with E-state index in [1.807, 2.05) is 0 Å². The van der Waals surface area contributed by atoms with Crippen LogP contribution < -0.4 is 0 Å². The summed E-state index contributed by atoms with van der Waals surface area (Å²) in [4.78, 5) is 27.9. The van der Waals surface area contributed by atoms with Crippen molar-refractivity contribution in [2.24, 2.45) is 0 Å². The maximum absolute atomic E-state index is 13.4. The van der Waals surface area contributed by atoms with Crippen LogP contribution in [-0.2, 0) is 20.7 Å². The number of amides is 1. The smallest absolute Gasteiger partial charge is 0.328 e. The van der Waals surface area contributed by atoms with Crippen molar-refractivity contribution in [2.45, 2.75) is 12.5 Å². The van der Waals surface area contributed by atoms with Crippen LogP contribution in [0.25, 0.3) is 10.9 Å². The number of hydrogen-bond donors (Lipinski definition) is 2.